The van der Waals surface area contributed by atoms with Crippen LogP contribution in [-0.4, -0.2) is 18.8 Å². The first kappa shape index (κ1) is 12.9. The van der Waals surface area contributed by atoms with Crippen molar-refractivity contribution < 1.29 is 4.74 Å². The van der Waals surface area contributed by atoms with Crippen LogP contribution >= 0.6 is 11.6 Å². The maximum Gasteiger partial charge on any atom is 0.0704 e. The minimum Gasteiger partial charge on any atom is -0.374 e. The SMILES string of the molecule is CC1CCC(CN[C@@H](C)c2ccc(Cl)cc2)O1. The van der Waals surface area contributed by atoms with Gasteiger partial charge in [0.25, 0.3) is 0 Å². The van der Waals surface area contributed by atoms with E-state index in [1.165, 1.54) is 18.4 Å². The zero-order valence-electron chi connectivity index (χ0n) is 10.4. The number of benzene rings is 1. The molecule has 3 atom stereocenters. The second-order valence-corrected chi connectivity index (χ2v) is 5.26. The standard InChI is InChI=1S/C14H20ClNO/c1-10-3-8-14(17-10)9-16-11(2)12-4-6-13(15)7-5-12/h4-7,10-11,14,16H,3,8-9H2,1-2H3/t10?,11-,14?/m0/s1. The smallest absolute Gasteiger partial charge is 0.0704 e. The summed E-state index contributed by atoms with van der Waals surface area (Å²) in [6.45, 7) is 5.23. The molecule has 1 aliphatic heterocycles. The Kier molecular flexibility index (Phi) is 4.43. The maximum atomic E-state index is 5.87. The predicted octanol–water partition coefficient (Wildman–Crippen LogP) is 3.56. The highest BCUT2D eigenvalue weighted by Crippen LogP contribution is 2.20. The summed E-state index contributed by atoms with van der Waals surface area (Å²) in [4.78, 5) is 0. The van der Waals surface area contributed by atoms with Crippen molar-refractivity contribution in [1.29, 1.82) is 0 Å². The van der Waals surface area contributed by atoms with E-state index in [9.17, 15) is 0 Å². The van der Waals surface area contributed by atoms with E-state index in [0.29, 0.717) is 18.2 Å². The molecule has 1 saturated heterocycles. The third kappa shape index (κ3) is 3.70. The van der Waals surface area contributed by atoms with Crippen molar-refractivity contribution in [2.24, 2.45) is 0 Å². The molecular weight excluding hydrogens is 234 g/mol. The maximum absolute atomic E-state index is 5.87. The molecule has 2 rings (SSSR count). The zero-order valence-corrected chi connectivity index (χ0v) is 11.2. The number of rotatable bonds is 4. The van der Waals surface area contributed by atoms with Gasteiger partial charge in [-0.05, 0) is 44.4 Å². The Balaban J connectivity index is 1.81. The number of ether oxygens (including phenoxy) is 1. The lowest BCUT2D eigenvalue weighted by Gasteiger charge is -2.18. The van der Waals surface area contributed by atoms with Crippen molar-refractivity contribution in [2.75, 3.05) is 6.54 Å². The predicted molar refractivity (Wildman–Crippen MR) is 71.4 cm³/mol. The van der Waals surface area contributed by atoms with Crippen molar-refractivity contribution in [2.45, 2.75) is 44.9 Å². The number of nitrogens with one attached hydrogen (secondary N) is 1. The van der Waals surface area contributed by atoms with Gasteiger partial charge in [-0.3, -0.25) is 0 Å². The van der Waals surface area contributed by atoms with Crippen LogP contribution < -0.4 is 5.32 Å². The van der Waals surface area contributed by atoms with Gasteiger partial charge in [0, 0.05) is 17.6 Å². The summed E-state index contributed by atoms with van der Waals surface area (Å²) in [5.41, 5.74) is 1.26. The second kappa shape index (κ2) is 5.85. The average Bonchev–Trinajstić information content (AvgIpc) is 2.73. The quantitative estimate of drug-likeness (QED) is 0.886. The summed E-state index contributed by atoms with van der Waals surface area (Å²) in [6, 6.07) is 8.34. The lowest BCUT2D eigenvalue weighted by atomic mass is 10.1. The first-order chi connectivity index (χ1) is 8.15. The fourth-order valence-corrected chi connectivity index (χ4v) is 2.34. The van der Waals surface area contributed by atoms with Crippen LogP contribution in [0, 0.1) is 0 Å². The van der Waals surface area contributed by atoms with E-state index in [0.717, 1.165) is 11.6 Å². The Labute approximate surface area is 108 Å². The molecule has 0 spiro atoms. The van der Waals surface area contributed by atoms with Crippen LogP contribution in [0.4, 0.5) is 0 Å². The van der Waals surface area contributed by atoms with Gasteiger partial charge in [-0.25, -0.2) is 0 Å². The highest BCUT2D eigenvalue weighted by atomic mass is 35.5. The third-order valence-electron chi connectivity index (χ3n) is 3.34. The molecule has 0 bridgehead atoms. The summed E-state index contributed by atoms with van der Waals surface area (Å²) >= 11 is 5.87. The van der Waals surface area contributed by atoms with Gasteiger partial charge in [-0.2, -0.15) is 0 Å². The average molecular weight is 254 g/mol. The van der Waals surface area contributed by atoms with Crippen LogP contribution in [0.25, 0.3) is 0 Å². The molecule has 1 heterocycles. The van der Waals surface area contributed by atoms with Crippen LogP contribution in [0.5, 0.6) is 0 Å². The highest BCUT2D eigenvalue weighted by molar-refractivity contribution is 6.30. The molecule has 2 nitrogen and oxygen atoms in total. The molecule has 1 aliphatic rings. The molecule has 3 heteroatoms. The Morgan fingerprint density at radius 2 is 2.06 bits per heavy atom. The first-order valence-electron chi connectivity index (χ1n) is 6.29. The van der Waals surface area contributed by atoms with Gasteiger partial charge in [0.15, 0.2) is 0 Å². The van der Waals surface area contributed by atoms with E-state index in [2.05, 4.69) is 31.3 Å². The topological polar surface area (TPSA) is 21.3 Å². The lowest BCUT2D eigenvalue weighted by molar-refractivity contribution is 0.0546. The Bertz CT molecular complexity index is 352. The van der Waals surface area contributed by atoms with E-state index >= 15 is 0 Å². The van der Waals surface area contributed by atoms with Crippen molar-refractivity contribution in [3.8, 4) is 0 Å². The summed E-state index contributed by atoms with van der Waals surface area (Å²) in [7, 11) is 0. The second-order valence-electron chi connectivity index (χ2n) is 4.83. The van der Waals surface area contributed by atoms with E-state index < -0.39 is 0 Å². The number of hydrogen-bond acceptors (Lipinski definition) is 2. The highest BCUT2D eigenvalue weighted by Gasteiger charge is 2.21. The van der Waals surface area contributed by atoms with Crippen LogP contribution in [0.1, 0.15) is 38.3 Å². The van der Waals surface area contributed by atoms with Gasteiger partial charge < -0.3 is 10.1 Å². The van der Waals surface area contributed by atoms with Gasteiger partial charge >= 0.3 is 0 Å². The van der Waals surface area contributed by atoms with Gasteiger partial charge in [-0.15, -0.1) is 0 Å². The molecule has 0 amide bonds. The van der Waals surface area contributed by atoms with Gasteiger partial charge in [0.2, 0.25) is 0 Å². The van der Waals surface area contributed by atoms with Crippen LogP contribution in [0.15, 0.2) is 24.3 Å². The van der Waals surface area contributed by atoms with Crippen molar-refractivity contribution >= 4 is 11.6 Å². The Morgan fingerprint density at radius 3 is 2.65 bits per heavy atom. The molecule has 0 aliphatic carbocycles. The number of halogens is 1. The molecule has 17 heavy (non-hydrogen) atoms. The summed E-state index contributed by atoms with van der Waals surface area (Å²) in [5, 5.41) is 4.30. The van der Waals surface area contributed by atoms with E-state index in [1.807, 2.05) is 12.1 Å². The van der Waals surface area contributed by atoms with Gasteiger partial charge in [-0.1, -0.05) is 23.7 Å². The van der Waals surface area contributed by atoms with Gasteiger partial charge in [0.05, 0.1) is 12.2 Å². The van der Waals surface area contributed by atoms with Crippen LogP contribution in [0.2, 0.25) is 5.02 Å². The van der Waals surface area contributed by atoms with E-state index in [-0.39, 0.29) is 0 Å². The van der Waals surface area contributed by atoms with E-state index in [1.54, 1.807) is 0 Å². The molecule has 1 aromatic rings. The Hall–Kier alpha value is -0.570. The summed E-state index contributed by atoms with van der Waals surface area (Å²) in [6.07, 6.45) is 3.15. The van der Waals surface area contributed by atoms with Crippen molar-refractivity contribution in [3.05, 3.63) is 34.9 Å². The number of hydrogen-bond donors (Lipinski definition) is 1. The molecular formula is C14H20ClNO. The van der Waals surface area contributed by atoms with Crippen molar-refractivity contribution in [1.82, 2.24) is 5.32 Å². The molecule has 1 N–H and O–H groups in total. The molecule has 1 aromatic carbocycles. The van der Waals surface area contributed by atoms with Crippen molar-refractivity contribution in [3.63, 3.8) is 0 Å². The zero-order chi connectivity index (χ0) is 12.3. The summed E-state index contributed by atoms with van der Waals surface area (Å²) < 4.78 is 5.78. The monoisotopic (exact) mass is 253 g/mol. The molecule has 0 radical (unpaired) electrons. The minimum absolute atomic E-state index is 0.340. The molecule has 0 aromatic heterocycles. The van der Waals surface area contributed by atoms with E-state index in [4.69, 9.17) is 16.3 Å². The first-order valence-corrected chi connectivity index (χ1v) is 6.67. The molecule has 2 unspecified atom stereocenters. The largest absolute Gasteiger partial charge is 0.374 e. The minimum atomic E-state index is 0.340. The van der Waals surface area contributed by atoms with Gasteiger partial charge in [0.1, 0.15) is 0 Å². The fourth-order valence-electron chi connectivity index (χ4n) is 2.21. The van der Waals surface area contributed by atoms with Crippen LogP contribution in [-0.2, 0) is 4.74 Å². The lowest BCUT2D eigenvalue weighted by Crippen LogP contribution is -2.29. The molecule has 1 fully saturated rings. The normalized spacial score (nSPS) is 26.1. The molecule has 94 valence electrons. The van der Waals surface area contributed by atoms with Crippen LogP contribution in [0.3, 0.4) is 0 Å². The molecule has 0 saturated carbocycles. The Morgan fingerprint density at radius 1 is 1.35 bits per heavy atom. The fraction of sp³-hybridized carbons (Fsp3) is 0.571. The third-order valence-corrected chi connectivity index (χ3v) is 3.59. The summed E-state index contributed by atoms with van der Waals surface area (Å²) in [5.74, 6) is 0.